The Bertz CT molecular complexity index is 411. The Balaban J connectivity index is 4.32. The van der Waals surface area contributed by atoms with E-state index in [1.165, 1.54) is 0 Å². The molecule has 0 unspecified atom stereocenters. The van der Waals surface area contributed by atoms with Crippen molar-refractivity contribution >= 4 is 5.91 Å². The van der Waals surface area contributed by atoms with Gasteiger partial charge in [0, 0.05) is 31.8 Å². The van der Waals surface area contributed by atoms with E-state index < -0.39 is 0 Å². The number of allylic oxidation sites excluding steroid dienone is 3. The Morgan fingerprint density at radius 3 is 2.41 bits per heavy atom. The van der Waals surface area contributed by atoms with Gasteiger partial charge in [0.1, 0.15) is 5.76 Å². The molecule has 0 aromatic carbocycles. The Hall–Kier alpha value is -1.55. The van der Waals surface area contributed by atoms with Crippen molar-refractivity contribution in [3.8, 4) is 0 Å². The highest BCUT2D eigenvalue weighted by Gasteiger charge is 2.12. The largest absolute Gasteiger partial charge is 0.497 e. The third-order valence-corrected chi connectivity index (χ3v) is 3.53. The number of nitrogens with zero attached hydrogens (tertiary/aromatic N) is 2. The fraction of sp³-hybridized carbons (Fsp3) is 0.611. The summed E-state index contributed by atoms with van der Waals surface area (Å²) in [6.45, 7) is 11.0. The smallest absolute Gasteiger partial charge is 0.249 e. The third kappa shape index (κ3) is 8.03. The molecule has 0 aromatic heterocycles. The van der Waals surface area contributed by atoms with Gasteiger partial charge in [-0.25, -0.2) is 0 Å². The van der Waals surface area contributed by atoms with Crippen molar-refractivity contribution in [3.63, 3.8) is 0 Å². The van der Waals surface area contributed by atoms with Gasteiger partial charge in [0.25, 0.3) is 0 Å². The molecule has 0 heterocycles. The van der Waals surface area contributed by atoms with Crippen molar-refractivity contribution in [2.24, 2.45) is 0 Å². The maximum Gasteiger partial charge on any atom is 0.249 e. The lowest BCUT2D eigenvalue weighted by Gasteiger charge is -2.24. The van der Waals surface area contributed by atoms with Crippen molar-refractivity contribution < 1.29 is 9.53 Å². The van der Waals surface area contributed by atoms with E-state index in [1.54, 1.807) is 7.11 Å². The highest BCUT2D eigenvalue weighted by atomic mass is 16.5. The summed E-state index contributed by atoms with van der Waals surface area (Å²) in [6, 6.07) is 0. The summed E-state index contributed by atoms with van der Waals surface area (Å²) >= 11 is 0. The van der Waals surface area contributed by atoms with E-state index in [9.17, 15) is 4.79 Å². The molecule has 0 N–H and O–H groups in total. The summed E-state index contributed by atoms with van der Waals surface area (Å²) < 4.78 is 5.25. The molecule has 0 atom stereocenters. The number of carbonyl (C=O) groups excluding carboxylic acids is 1. The van der Waals surface area contributed by atoms with Crippen LogP contribution < -0.4 is 0 Å². The number of amides is 1. The topological polar surface area (TPSA) is 32.8 Å². The van der Waals surface area contributed by atoms with Gasteiger partial charge in [0.15, 0.2) is 0 Å². The molecule has 126 valence electrons. The van der Waals surface area contributed by atoms with Crippen molar-refractivity contribution in [2.45, 2.75) is 34.1 Å². The van der Waals surface area contributed by atoms with Gasteiger partial charge in [-0.15, -0.1) is 0 Å². The zero-order valence-corrected chi connectivity index (χ0v) is 15.1. The molecule has 0 saturated heterocycles. The number of hydrogen-bond acceptors (Lipinski definition) is 3. The second-order valence-electron chi connectivity index (χ2n) is 5.24. The zero-order chi connectivity index (χ0) is 17.0. The summed E-state index contributed by atoms with van der Waals surface area (Å²) in [5.74, 6) is 1.02. The van der Waals surface area contributed by atoms with Crippen LogP contribution in [0.5, 0.6) is 0 Å². The predicted octanol–water partition coefficient (Wildman–Crippen LogP) is 3.23. The van der Waals surface area contributed by atoms with Crippen LogP contribution in [0.4, 0.5) is 0 Å². The summed E-state index contributed by atoms with van der Waals surface area (Å²) in [4.78, 5) is 16.2. The first-order chi connectivity index (χ1) is 10.5. The number of ether oxygens (including phenoxy) is 1. The molecule has 4 nitrogen and oxygen atoms in total. The zero-order valence-electron chi connectivity index (χ0n) is 15.1. The number of likely N-dealkylation sites (N-methyl/N-ethyl adjacent to an activating group) is 2. The van der Waals surface area contributed by atoms with Crippen molar-refractivity contribution in [1.29, 1.82) is 0 Å². The van der Waals surface area contributed by atoms with E-state index in [2.05, 4.69) is 24.9 Å². The average Bonchev–Trinajstić information content (AvgIpc) is 2.53. The van der Waals surface area contributed by atoms with E-state index in [0.29, 0.717) is 0 Å². The Kier molecular flexibility index (Phi) is 11.2. The lowest BCUT2D eigenvalue weighted by molar-refractivity contribution is -0.127. The van der Waals surface area contributed by atoms with Crippen LogP contribution in [0.25, 0.3) is 0 Å². The number of carbonyl (C=O) groups is 1. The van der Waals surface area contributed by atoms with Crippen LogP contribution in [0.15, 0.2) is 35.6 Å². The normalized spacial score (nSPS) is 13.0. The lowest BCUT2D eigenvalue weighted by atomic mass is 10.2. The minimum absolute atomic E-state index is 0.126. The molecule has 0 radical (unpaired) electrons. The van der Waals surface area contributed by atoms with Crippen molar-refractivity contribution in [2.75, 3.05) is 40.3 Å². The van der Waals surface area contributed by atoms with E-state index in [1.807, 2.05) is 43.9 Å². The van der Waals surface area contributed by atoms with Gasteiger partial charge in [-0.05, 0) is 46.4 Å². The molecule has 1 amide bonds. The summed E-state index contributed by atoms with van der Waals surface area (Å²) in [7, 11) is 3.74. The van der Waals surface area contributed by atoms with Gasteiger partial charge >= 0.3 is 0 Å². The van der Waals surface area contributed by atoms with Crippen molar-refractivity contribution in [3.05, 3.63) is 35.6 Å². The lowest BCUT2D eigenvalue weighted by Crippen LogP contribution is -2.37. The van der Waals surface area contributed by atoms with Crippen molar-refractivity contribution in [1.82, 2.24) is 9.80 Å². The molecule has 0 aliphatic heterocycles. The van der Waals surface area contributed by atoms with Gasteiger partial charge in [0.05, 0.1) is 7.11 Å². The fourth-order valence-corrected chi connectivity index (χ4v) is 1.93. The molecule has 0 bridgehead atoms. The van der Waals surface area contributed by atoms with Gasteiger partial charge in [-0.3, -0.25) is 4.79 Å². The molecule has 0 aliphatic carbocycles. The SMILES string of the molecule is C/C=C(\C)C(=O)N(CC)CCN(C)C/C=C\C(=C/CC)OC. The standard InChI is InChI=1S/C18H32N2O2/c1-7-11-17(22-6)12-10-13-19(5)14-15-20(9-3)18(21)16(4)8-2/h8,10-12H,7,9,13-15H2,1-6H3/b12-10-,16-8+,17-11+. The first kappa shape index (κ1) is 20.5. The quantitative estimate of drug-likeness (QED) is 0.353. The molecular formula is C18H32N2O2. The Labute approximate surface area is 136 Å². The molecule has 0 rings (SSSR count). The van der Waals surface area contributed by atoms with Crippen LogP contribution in [-0.4, -0.2) is 56.0 Å². The minimum atomic E-state index is 0.126. The summed E-state index contributed by atoms with van der Waals surface area (Å²) in [5, 5.41) is 0. The van der Waals surface area contributed by atoms with Crippen LogP contribution in [0.3, 0.4) is 0 Å². The molecule has 22 heavy (non-hydrogen) atoms. The van der Waals surface area contributed by atoms with E-state index in [4.69, 9.17) is 4.74 Å². The third-order valence-electron chi connectivity index (χ3n) is 3.53. The fourth-order valence-electron chi connectivity index (χ4n) is 1.93. The highest BCUT2D eigenvalue weighted by molar-refractivity contribution is 5.92. The second-order valence-corrected chi connectivity index (χ2v) is 5.24. The van der Waals surface area contributed by atoms with E-state index in [-0.39, 0.29) is 5.91 Å². The van der Waals surface area contributed by atoms with Crippen LogP contribution in [0.2, 0.25) is 0 Å². The molecule has 4 heteroatoms. The van der Waals surface area contributed by atoms with Crippen LogP contribution in [0.1, 0.15) is 34.1 Å². The molecule has 0 spiro atoms. The summed E-state index contributed by atoms with van der Waals surface area (Å²) in [5.41, 5.74) is 0.804. The van der Waals surface area contributed by atoms with E-state index >= 15 is 0 Å². The number of hydrogen-bond donors (Lipinski definition) is 0. The average molecular weight is 308 g/mol. The summed E-state index contributed by atoms with van der Waals surface area (Å²) in [6.07, 6.45) is 8.95. The van der Waals surface area contributed by atoms with E-state index in [0.717, 1.165) is 43.9 Å². The number of methoxy groups -OCH3 is 1. The van der Waals surface area contributed by atoms with Gasteiger partial charge in [0.2, 0.25) is 5.91 Å². The first-order valence-electron chi connectivity index (χ1n) is 8.01. The number of rotatable bonds is 10. The van der Waals surface area contributed by atoms with Gasteiger partial charge < -0.3 is 14.5 Å². The second kappa shape index (κ2) is 12.0. The van der Waals surface area contributed by atoms with Gasteiger partial charge in [-0.2, -0.15) is 0 Å². The predicted molar refractivity (Wildman–Crippen MR) is 93.7 cm³/mol. The Morgan fingerprint density at radius 1 is 1.23 bits per heavy atom. The monoisotopic (exact) mass is 308 g/mol. The Morgan fingerprint density at radius 2 is 1.91 bits per heavy atom. The van der Waals surface area contributed by atoms with Crippen LogP contribution in [0, 0.1) is 0 Å². The minimum Gasteiger partial charge on any atom is -0.497 e. The van der Waals surface area contributed by atoms with Crippen LogP contribution in [-0.2, 0) is 9.53 Å². The first-order valence-corrected chi connectivity index (χ1v) is 8.01. The molecule has 0 fully saturated rings. The maximum atomic E-state index is 12.1. The molecule has 0 aliphatic rings. The molecule has 0 aromatic rings. The maximum absolute atomic E-state index is 12.1. The highest BCUT2D eigenvalue weighted by Crippen LogP contribution is 2.02. The van der Waals surface area contributed by atoms with Gasteiger partial charge in [-0.1, -0.05) is 19.1 Å². The molecule has 0 saturated carbocycles. The van der Waals surface area contributed by atoms with Crippen LogP contribution >= 0.6 is 0 Å². The molecular weight excluding hydrogens is 276 g/mol.